The third kappa shape index (κ3) is 4.67. The van der Waals surface area contributed by atoms with Crippen LogP contribution < -0.4 is 15.8 Å². The topological polar surface area (TPSA) is 64.3 Å². The Labute approximate surface area is 185 Å². The Morgan fingerprint density at radius 2 is 1.84 bits per heavy atom. The molecule has 4 nitrogen and oxygen atoms in total. The van der Waals surface area contributed by atoms with Crippen molar-refractivity contribution in [2.75, 3.05) is 13.2 Å². The molecule has 2 atom stereocenters. The maximum Gasteiger partial charge on any atom is 0.226 e. The van der Waals surface area contributed by atoms with Crippen LogP contribution in [0.1, 0.15) is 76.7 Å². The standard InChI is InChI=1S/C26H37FN2O2/c1-19-3-2-4-22(15-19)29-24(30)26-12-9-25(10-13-26,11-14-26)21-5-7-23(8-6-21)31-18-20(16-27)17-28/h5-8,16,19,22H,2-4,9-15,17-18,28H2,1H3,(H,29,30)/b20-16+/t19-,22+,25?,26?/m0/s1. The van der Waals surface area contributed by atoms with Crippen molar-refractivity contribution in [1.82, 2.24) is 5.32 Å². The van der Waals surface area contributed by atoms with E-state index >= 15 is 0 Å². The van der Waals surface area contributed by atoms with E-state index in [4.69, 9.17) is 10.5 Å². The SMILES string of the molecule is C[C@H]1CCC[C@@H](NC(=O)C23CCC(c4ccc(OC/C(=C/F)CN)cc4)(CC2)CC3)C1. The van der Waals surface area contributed by atoms with Crippen molar-refractivity contribution in [2.45, 2.75) is 82.6 Å². The van der Waals surface area contributed by atoms with E-state index < -0.39 is 0 Å². The molecule has 4 aliphatic rings. The first-order valence-corrected chi connectivity index (χ1v) is 12.0. The van der Waals surface area contributed by atoms with Crippen LogP contribution in [-0.4, -0.2) is 25.1 Å². The fourth-order valence-corrected chi connectivity index (χ4v) is 6.08. The molecule has 4 saturated carbocycles. The molecule has 1 aromatic rings. The number of carbonyl (C=O) groups excluding carboxylic acids is 1. The first-order chi connectivity index (χ1) is 15.0. The van der Waals surface area contributed by atoms with Crippen LogP contribution in [0.3, 0.4) is 0 Å². The second-order valence-corrected chi connectivity index (χ2v) is 10.3. The summed E-state index contributed by atoms with van der Waals surface area (Å²) in [5.41, 5.74) is 7.30. The number of fused-ring (bicyclic) bond motifs is 3. The highest BCUT2D eigenvalue weighted by Gasteiger charge is 2.53. The number of benzene rings is 1. The second kappa shape index (κ2) is 9.32. The van der Waals surface area contributed by atoms with Crippen LogP contribution in [0, 0.1) is 11.3 Å². The molecule has 0 spiro atoms. The van der Waals surface area contributed by atoms with Gasteiger partial charge in [0.05, 0.1) is 6.33 Å². The van der Waals surface area contributed by atoms with E-state index in [-0.39, 0.29) is 24.0 Å². The summed E-state index contributed by atoms with van der Waals surface area (Å²) in [5, 5.41) is 3.43. The zero-order valence-electron chi connectivity index (χ0n) is 18.8. The van der Waals surface area contributed by atoms with Crippen molar-refractivity contribution >= 4 is 5.91 Å². The van der Waals surface area contributed by atoms with Gasteiger partial charge in [0, 0.05) is 23.6 Å². The average Bonchev–Trinajstić information content (AvgIpc) is 2.81. The van der Waals surface area contributed by atoms with Gasteiger partial charge in [-0.25, -0.2) is 4.39 Å². The van der Waals surface area contributed by atoms with Crippen molar-refractivity contribution in [3.63, 3.8) is 0 Å². The fraction of sp³-hybridized carbons (Fsp3) is 0.654. The van der Waals surface area contributed by atoms with Crippen molar-refractivity contribution in [2.24, 2.45) is 17.1 Å². The van der Waals surface area contributed by atoms with E-state index in [1.807, 2.05) is 12.1 Å². The first-order valence-electron chi connectivity index (χ1n) is 12.0. The van der Waals surface area contributed by atoms with E-state index in [0.29, 0.717) is 23.9 Å². The van der Waals surface area contributed by atoms with Crippen LogP contribution >= 0.6 is 0 Å². The highest BCUT2D eigenvalue weighted by molar-refractivity contribution is 5.83. The molecule has 0 unspecified atom stereocenters. The minimum atomic E-state index is -0.150. The van der Waals surface area contributed by atoms with Crippen molar-refractivity contribution in [3.05, 3.63) is 41.7 Å². The molecule has 5 rings (SSSR count). The summed E-state index contributed by atoms with van der Waals surface area (Å²) in [7, 11) is 0. The zero-order chi connectivity index (χ0) is 21.9. The average molecular weight is 429 g/mol. The number of hydrogen-bond acceptors (Lipinski definition) is 3. The van der Waals surface area contributed by atoms with E-state index in [1.165, 1.54) is 18.4 Å². The lowest BCUT2D eigenvalue weighted by molar-refractivity contribution is -0.139. The third-order valence-electron chi connectivity index (χ3n) is 8.31. The lowest BCUT2D eigenvalue weighted by Gasteiger charge is -2.53. The predicted molar refractivity (Wildman–Crippen MR) is 122 cm³/mol. The van der Waals surface area contributed by atoms with Gasteiger partial charge in [0.1, 0.15) is 12.4 Å². The molecular weight excluding hydrogens is 391 g/mol. The van der Waals surface area contributed by atoms with Gasteiger partial charge in [-0.1, -0.05) is 31.9 Å². The quantitative estimate of drug-likeness (QED) is 0.630. The number of rotatable bonds is 7. The van der Waals surface area contributed by atoms with Crippen LogP contribution in [0.15, 0.2) is 36.2 Å². The summed E-state index contributed by atoms with van der Waals surface area (Å²) in [4.78, 5) is 13.2. The molecule has 4 fully saturated rings. The van der Waals surface area contributed by atoms with Gasteiger partial charge in [0.2, 0.25) is 5.91 Å². The molecule has 31 heavy (non-hydrogen) atoms. The number of hydrogen-bond donors (Lipinski definition) is 2. The van der Waals surface area contributed by atoms with Gasteiger partial charge in [-0.2, -0.15) is 0 Å². The Bertz CT molecular complexity index is 780. The summed E-state index contributed by atoms with van der Waals surface area (Å²) in [6.45, 7) is 2.64. The highest BCUT2D eigenvalue weighted by Crippen LogP contribution is 2.58. The van der Waals surface area contributed by atoms with Crippen LogP contribution in [0.4, 0.5) is 4.39 Å². The molecule has 0 heterocycles. The van der Waals surface area contributed by atoms with Gasteiger partial charge in [0.25, 0.3) is 0 Å². The van der Waals surface area contributed by atoms with E-state index in [2.05, 4.69) is 24.4 Å². The maximum absolute atomic E-state index is 13.2. The summed E-state index contributed by atoms with van der Waals surface area (Å²) in [6, 6.07) is 8.63. The van der Waals surface area contributed by atoms with Crippen LogP contribution in [0.2, 0.25) is 0 Å². The van der Waals surface area contributed by atoms with Gasteiger partial charge >= 0.3 is 0 Å². The molecule has 0 aliphatic heterocycles. The van der Waals surface area contributed by atoms with E-state index in [0.717, 1.165) is 63.0 Å². The maximum atomic E-state index is 13.2. The van der Waals surface area contributed by atoms with Gasteiger partial charge in [-0.3, -0.25) is 4.79 Å². The Balaban J connectivity index is 1.35. The number of carbonyl (C=O) groups is 1. The Morgan fingerprint density at radius 3 is 2.42 bits per heavy atom. The normalized spacial score (nSPS) is 33.2. The molecule has 1 amide bonds. The second-order valence-electron chi connectivity index (χ2n) is 10.3. The lowest BCUT2D eigenvalue weighted by Crippen LogP contribution is -2.53. The number of amides is 1. The summed E-state index contributed by atoms with van der Waals surface area (Å²) < 4.78 is 18.3. The summed E-state index contributed by atoms with van der Waals surface area (Å²) >= 11 is 0. The molecule has 170 valence electrons. The highest BCUT2D eigenvalue weighted by atomic mass is 19.1. The summed E-state index contributed by atoms with van der Waals surface area (Å²) in [5.74, 6) is 1.78. The van der Waals surface area contributed by atoms with Crippen LogP contribution in [0.5, 0.6) is 5.75 Å². The van der Waals surface area contributed by atoms with E-state index in [1.54, 1.807) is 0 Å². The molecule has 0 aromatic heterocycles. The van der Waals surface area contributed by atoms with Crippen molar-refractivity contribution in [3.8, 4) is 5.75 Å². The summed E-state index contributed by atoms with van der Waals surface area (Å²) in [6.07, 6.45) is 11.5. The van der Waals surface area contributed by atoms with Crippen LogP contribution in [0.25, 0.3) is 0 Å². The lowest BCUT2D eigenvalue weighted by atomic mass is 9.51. The van der Waals surface area contributed by atoms with Crippen molar-refractivity contribution in [1.29, 1.82) is 0 Å². The number of ether oxygens (including phenoxy) is 1. The monoisotopic (exact) mass is 428 g/mol. The number of nitrogens with one attached hydrogen (secondary N) is 1. The molecule has 5 heteroatoms. The minimum Gasteiger partial charge on any atom is -0.489 e. The molecule has 1 aromatic carbocycles. The fourth-order valence-electron chi connectivity index (χ4n) is 6.08. The smallest absolute Gasteiger partial charge is 0.226 e. The number of nitrogens with two attached hydrogens (primary N) is 1. The first kappa shape index (κ1) is 22.3. The Morgan fingerprint density at radius 1 is 1.16 bits per heavy atom. The van der Waals surface area contributed by atoms with Gasteiger partial charge in [-0.05, 0) is 80.4 Å². The molecule has 2 bridgehead atoms. The van der Waals surface area contributed by atoms with Gasteiger partial charge < -0.3 is 15.8 Å². The largest absolute Gasteiger partial charge is 0.489 e. The molecular formula is C26H37FN2O2. The van der Waals surface area contributed by atoms with Gasteiger partial charge in [-0.15, -0.1) is 0 Å². The predicted octanol–water partition coefficient (Wildman–Crippen LogP) is 5.16. The number of halogens is 1. The Kier molecular flexibility index (Phi) is 6.71. The minimum absolute atomic E-state index is 0.150. The van der Waals surface area contributed by atoms with Gasteiger partial charge in [0.15, 0.2) is 0 Å². The third-order valence-corrected chi connectivity index (χ3v) is 8.31. The van der Waals surface area contributed by atoms with E-state index in [9.17, 15) is 9.18 Å². The molecule has 0 saturated heterocycles. The zero-order valence-corrected chi connectivity index (χ0v) is 18.8. The molecule has 0 radical (unpaired) electrons. The molecule has 4 aliphatic carbocycles. The van der Waals surface area contributed by atoms with Crippen molar-refractivity contribution < 1.29 is 13.9 Å². The molecule has 3 N–H and O–H groups in total. The van der Waals surface area contributed by atoms with Crippen LogP contribution in [-0.2, 0) is 10.2 Å². The Hall–Kier alpha value is -1.88.